The quantitative estimate of drug-likeness (QED) is 0.580. The second-order valence-corrected chi connectivity index (χ2v) is 7.74. The number of ether oxygens (including phenoxy) is 1. The maximum absolute atomic E-state index is 11.7. The lowest BCUT2D eigenvalue weighted by Crippen LogP contribution is -2.08. The molecule has 0 saturated heterocycles. The van der Waals surface area contributed by atoms with Gasteiger partial charge in [-0.1, -0.05) is 17.7 Å². The van der Waals surface area contributed by atoms with E-state index in [9.17, 15) is 18.5 Å². The van der Waals surface area contributed by atoms with E-state index >= 15 is 0 Å². The standard InChI is InChI=1S/C16H17ClN2O5S/c1-24-13-5-3-11(14(17)10-13)7-8-18-12-4-6-15(19(20)21)16(9-12)25(2,22)23/h3-6,9-10,18H,7-8H2,1-2H3. The molecule has 0 fully saturated rings. The highest BCUT2D eigenvalue weighted by Crippen LogP contribution is 2.27. The highest BCUT2D eigenvalue weighted by molar-refractivity contribution is 7.90. The first-order valence-corrected chi connectivity index (χ1v) is 9.54. The van der Waals surface area contributed by atoms with Crippen molar-refractivity contribution in [1.82, 2.24) is 0 Å². The van der Waals surface area contributed by atoms with Crippen LogP contribution in [-0.2, 0) is 16.3 Å². The van der Waals surface area contributed by atoms with Crippen LogP contribution < -0.4 is 10.1 Å². The normalized spacial score (nSPS) is 11.2. The largest absolute Gasteiger partial charge is 0.497 e. The van der Waals surface area contributed by atoms with Crippen molar-refractivity contribution in [1.29, 1.82) is 0 Å². The molecular weight excluding hydrogens is 368 g/mol. The Morgan fingerprint density at radius 2 is 1.96 bits per heavy atom. The molecule has 0 aliphatic rings. The molecule has 2 rings (SSSR count). The number of nitro groups is 1. The molecule has 7 nitrogen and oxygen atoms in total. The first-order chi connectivity index (χ1) is 11.7. The number of nitrogens with zero attached hydrogens (tertiary/aromatic N) is 1. The summed E-state index contributed by atoms with van der Waals surface area (Å²) in [4.78, 5) is 9.94. The van der Waals surface area contributed by atoms with Gasteiger partial charge in [0.05, 0.1) is 12.0 Å². The third-order valence-electron chi connectivity index (χ3n) is 3.54. The number of hydrogen-bond donors (Lipinski definition) is 1. The van der Waals surface area contributed by atoms with Gasteiger partial charge in [0.2, 0.25) is 0 Å². The van der Waals surface area contributed by atoms with E-state index in [1.807, 2.05) is 6.07 Å². The second kappa shape index (κ2) is 7.71. The zero-order valence-corrected chi connectivity index (χ0v) is 15.2. The van der Waals surface area contributed by atoms with Gasteiger partial charge >= 0.3 is 0 Å². The minimum Gasteiger partial charge on any atom is -0.497 e. The van der Waals surface area contributed by atoms with Crippen molar-refractivity contribution in [3.8, 4) is 5.75 Å². The van der Waals surface area contributed by atoms with Gasteiger partial charge in [0.1, 0.15) is 10.6 Å². The third kappa shape index (κ3) is 4.83. The number of hydrogen-bond acceptors (Lipinski definition) is 6. The van der Waals surface area contributed by atoms with Crippen LogP contribution in [0.4, 0.5) is 11.4 Å². The summed E-state index contributed by atoms with van der Waals surface area (Å²) in [5.74, 6) is 0.662. The van der Waals surface area contributed by atoms with Crippen molar-refractivity contribution in [2.45, 2.75) is 11.3 Å². The van der Waals surface area contributed by atoms with Crippen molar-refractivity contribution >= 4 is 32.8 Å². The van der Waals surface area contributed by atoms with Crippen molar-refractivity contribution in [2.75, 3.05) is 25.2 Å². The zero-order valence-electron chi connectivity index (χ0n) is 13.7. The fraction of sp³-hybridized carbons (Fsp3) is 0.250. The van der Waals surface area contributed by atoms with Gasteiger partial charge in [-0.15, -0.1) is 0 Å². The maximum atomic E-state index is 11.7. The van der Waals surface area contributed by atoms with E-state index in [1.54, 1.807) is 19.2 Å². The summed E-state index contributed by atoms with van der Waals surface area (Å²) < 4.78 is 28.6. The van der Waals surface area contributed by atoms with E-state index < -0.39 is 20.4 Å². The Morgan fingerprint density at radius 1 is 1.24 bits per heavy atom. The highest BCUT2D eigenvalue weighted by Gasteiger charge is 2.22. The van der Waals surface area contributed by atoms with Crippen LogP contribution in [0.1, 0.15) is 5.56 Å². The van der Waals surface area contributed by atoms with Crippen LogP contribution in [0.3, 0.4) is 0 Å². The first-order valence-electron chi connectivity index (χ1n) is 7.27. The van der Waals surface area contributed by atoms with Gasteiger partial charge in [0.25, 0.3) is 5.69 Å². The number of anilines is 1. The third-order valence-corrected chi connectivity index (χ3v) is 5.02. The van der Waals surface area contributed by atoms with Crippen LogP contribution in [0.25, 0.3) is 0 Å². The lowest BCUT2D eigenvalue weighted by molar-refractivity contribution is -0.387. The summed E-state index contributed by atoms with van der Waals surface area (Å²) in [6.45, 7) is 0.479. The molecule has 0 saturated carbocycles. The molecule has 0 aromatic heterocycles. The monoisotopic (exact) mass is 384 g/mol. The van der Waals surface area contributed by atoms with Crippen LogP contribution in [0, 0.1) is 10.1 Å². The molecule has 25 heavy (non-hydrogen) atoms. The molecule has 134 valence electrons. The predicted octanol–water partition coefficient (Wildman–Crippen LogP) is 3.31. The van der Waals surface area contributed by atoms with E-state index in [0.29, 0.717) is 29.4 Å². The van der Waals surface area contributed by atoms with Crippen molar-refractivity contribution in [2.24, 2.45) is 0 Å². The van der Waals surface area contributed by atoms with Gasteiger partial charge in [-0.2, -0.15) is 0 Å². The Labute approximate surface area is 150 Å². The van der Waals surface area contributed by atoms with Gasteiger partial charge in [0.15, 0.2) is 9.84 Å². The summed E-state index contributed by atoms with van der Waals surface area (Å²) in [5, 5.41) is 14.6. The molecule has 0 spiro atoms. The number of nitro benzene ring substituents is 1. The molecule has 0 radical (unpaired) electrons. The Balaban J connectivity index is 2.12. The zero-order chi connectivity index (χ0) is 18.6. The average Bonchev–Trinajstić information content (AvgIpc) is 2.55. The molecule has 2 aromatic carbocycles. The molecule has 1 N–H and O–H groups in total. The summed E-state index contributed by atoms with van der Waals surface area (Å²) in [6, 6.07) is 9.28. The van der Waals surface area contributed by atoms with Gasteiger partial charge < -0.3 is 10.1 Å². The van der Waals surface area contributed by atoms with E-state index in [1.165, 1.54) is 18.2 Å². The maximum Gasteiger partial charge on any atom is 0.288 e. The van der Waals surface area contributed by atoms with Gasteiger partial charge in [-0.25, -0.2) is 8.42 Å². The van der Waals surface area contributed by atoms with Crippen LogP contribution in [0.2, 0.25) is 5.02 Å². The smallest absolute Gasteiger partial charge is 0.288 e. The van der Waals surface area contributed by atoms with E-state index in [4.69, 9.17) is 16.3 Å². The summed E-state index contributed by atoms with van der Waals surface area (Å²) >= 11 is 6.17. The topological polar surface area (TPSA) is 98.5 Å². The fourth-order valence-electron chi connectivity index (χ4n) is 2.27. The molecule has 0 unspecified atom stereocenters. The minimum absolute atomic E-state index is 0.315. The summed E-state index contributed by atoms with van der Waals surface area (Å²) in [5.41, 5.74) is 0.946. The van der Waals surface area contributed by atoms with Crippen LogP contribution in [-0.4, -0.2) is 33.3 Å². The molecular formula is C16H17ClN2O5S. The van der Waals surface area contributed by atoms with Crippen molar-refractivity contribution < 1.29 is 18.1 Å². The molecule has 9 heteroatoms. The fourth-order valence-corrected chi connectivity index (χ4v) is 3.40. The van der Waals surface area contributed by atoms with E-state index in [0.717, 1.165) is 11.8 Å². The Hall–Kier alpha value is -2.32. The number of sulfone groups is 1. The van der Waals surface area contributed by atoms with E-state index in [-0.39, 0.29) is 4.90 Å². The van der Waals surface area contributed by atoms with Crippen molar-refractivity contribution in [3.05, 3.63) is 57.1 Å². The lowest BCUT2D eigenvalue weighted by Gasteiger charge is -2.10. The molecule has 0 aliphatic heterocycles. The molecule has 0 heterocycles. The number of rotatable bonds is 7. The van der Waals surface area contributed by atoms with Gasteiger partial charge in [0, 0.05) is 29.6 Å². The van der Waals surface area contributed by atoms with Crippen LogP contribution >= 0.6 is 11.6 Å². The lowest BCUT2D eigenvalue weighted by atomic mass is 10.1. The SMILES string of the molecule is COc1ccc(CCNc2ccc([N+](=O)[O-])c(S(C)(=O)=O)c2)c(Cl)c1. The second-order valence-electron chi connectivity index (χ2n) is 5.35. The number of halogens is 1. The molecule has 0 amide bonds. The molecule has 0 atom stereocenters. The minimum atomic E-state index is -3.71. The molecule has 2 aromatic rings. The Morgan fingerprint density at radius 3 is 2.52 bits per heavy atom. The van der Waals surface area contributed by atoms with Crippen molar-refractivity contribution in [3.63, 3.8) is 0 Å². The average molecular weight is 385 g/mol. The van der Waals surface area contributed by atoms with Gasteiger partial charge in [-0.05, 0) is 36.2 Å². The number of methoxy groups -OCH3 is 1. The predicted molar refractivity (Wildman–Crippen MR) is 96.4 cm³/mol. The number of nitrogens with one attached hydrogen (secondary N) is 1. The van der Waals surface area contributed by atoms with E-state index in [2.05, 4.69) is 5.32 Å². The highest BCUT2D eigenvalue weighted by atomic mass is 35.5. The first kappa shape index (κ1) is 19.0. The summed E-state index contributed by atoms with van der Waals surface area (Å²) in [7, 11) is -2.15. The molecule has 0 bridgehead atoms. The molecule has 0 aliphatic carbocycles. The number of benzene rings is 2. The van der Waals surface area contributed by atoms with Crippen LogP contribution in [0.5, 0.6) is 5.75 Å². The Bertz CT molecular complexity index is 899. The summed E-state index contributed by atoms with van der Waals surface area (Å²) in [6.07, 6.45) is 1.53. The van der Waals surface area contributed by atoms with Gasteiger partial charge in [-0.3, -0.25) is 10.1 Å². The Kier molecular flexibility index (Phi) is 5.86. The van der Waals surface area contributed by atoms with Crippen LogP contribution in [0.15, 0.2) is 41.3 Å².